The second-order valence-electron chi connectivity index (χ2n) is 8.69. The van der Waals surface area contributed by atoms with Crippen LogP contribution in [0.15, 0.2) is 70.7 Å². The summed E-state index contributed by atoms with van der Waals surface area (Å²) in [6, 6.07) is 19.8. The smallest absolute Gasteiger partial charge is 0.227 e. The highest BCUT2D eigenvalue weighted by Crippen LogP contribution is 2.27. The maximum absolute atomic E-state index is 12.8. The minimum atomic E-state index is -0.0732. The number of carbonyl (C=O) groups excluding carboxylic acids is 2. The van der Waals surface area contributed by atoms with Crippen LogP contribution in [-0.4, -0.2) is 39.8 Å². The number of hydrogen-bond donors (Lipinski definition) is 1. The van der Waals surface area contributed by atoms with E-state index in [4.69, 9.17) is 0 Å². The van der Waals surface area contributed by atoms with Gasteiger partial charge in [0.05, 0.1) is 0 Å². The average molecular weight is 475 g/mol. The van der Waals surface area contributed by atoms with Gasteiger partial charge in [-0.25, -0.2) is 9.97 Å². The maximum atomic E-state index is 12.8. The Morgan fingerprint density at radius 2 is 1.62 bits per heavy atom. The number of nitrogens with zero attached hydrogens (tertiary/aromatic N) is 3. The van der Waals surface area contributed by atoms with Crippen molar-refractivity contribution in [3.8, 4) is 0 Å². The maximum Gasteiger partial charge on any atom is 0.227 e. The number of piperidine rings is 1. The van der Waals surface area contributed by atoms with E-state index in [9.17, 15) is 9.59 Å². The quantitative estimate of drug-likeness (QED) is 0.485. The highest BCUT2D eigenvalue weighted by Gasteiger charge is 2.27. The van der Waals surface area contributed by atoms with Gasteiger partial charge in [-0.15, -0.1) is 0 Å². The van der Waals surface area contributed by atoms with E-state index in [-0.39, 0.29) is 17.7 Å². The normalized spacial score (nSPS) is 14.1. The number of anilines is 1. The van der Waals surface area contributed by atoms with Crippen LogP contribution < -0.4 is 5.32 Å². The van der Waals surface area contributed by atoms with Crippen molar-refractivity contribution >= 4 is 29.3 Å². The Balaban J connectivity index is 1.23. The van der Waals surface area contributed by atoms with Gasteiger partial charge in [0.15, 0.2) is 5.16 Å². The Morgan fingerprint density at radius 3 is 2.26 bits per heavy atom. The predicted molar refractivity (Wildman–Crippen MR) is 135 cm³/mol. The second-order valence-corrected chi connectivity index (χ2v) is 9.73. The molecule has 2 heterocycles. The summed E-state index contributed by atoms with van der Waals surface area (Å²) < 4.78 is 0. The fourth-order valence-corrected chi connectivity index (χ4v) is 5.00. The number of carbonyl (C=O) groups is 2. The highest BCUT2D eigenvalue weighted by molar-refractivity contribution is 7.99. The molecule has 0 bridgehead atoms. The first-order chi connectivity index (χ1) is 16.5. The summed E-state index contributed by atoms with van der Waals surface area (Å²) in [5.74, 6) is 0.119. The van der Waals surface area contributed by atoms with Crippen LogP contribution in [0.2, 0.25) is 0 Å². The monoisotopic (exact) mass is 474 g/mol. The van der Waals surface area contributed by atoms with Gasteiger partial charge in [0.2, 0.25) is 11.8 Å². The Labute approximate surface area is 205 Å². The van der Waals surface area contributed by atoms with Gasteiger partial charge in [-0.2, -0.15) is 0 Å². The molecule has 0 unspecified atom stereocenters. The molecule has 1 N–H and O–H groups in total. The molecule has 0 spiro atoms. The minimum Gasteiger partial charge on any atom is -0.343 e. The SMILES string of the molecule is Cc1cc(C)nc(Sc2ccc(NC(=O)C3CCN(C(=O)CCc4ccccc4)CC3)cc2)n1. The number of nitrogens with one attached hydrogen (secondary N) is 1. The second kappa shape index (κ2) is 11.3. The van der Waals surface area contributed by atoms with Gasteiger partial charge < -0.3 is 10.2 Å². The standard InChI is InChI=1S/C27H30N4O2S/c1-19-18-20(2)29-27(28-19)34-24-11-9-23(10-12-24)30-26(33)22-14-16-31(17-15-22)25(32)13-8-21-6-4-3-5-7-21/h3-7,9-12,18,22H,8,13-17H2,1-2H3,(H,30,33). The van der Waals surface area contributed by atoms with Crippen molar-refractivity contribution in [3.05, 3.63) is 77.6 Å². The number of aromatic nitrogens is 2. The van der Waals surface area contributed by atoms with Crippen molar-refractivity contribution in [3.63, 3.8) is 0 Å². The molecule has 1 saturated heterocycles. The zero-order valence-corrected chi connectivity index (χ0v) is 20.5. The molecule has 0 radical (unpaired) electrons. The van der Waals surface area contributed by atoms with Crippen molar-refractivity contribution in [2.45, 2.75) is 49.6 Å². The summed E-state index contributed by atoms with van der Waals surface area (Å²) in [6.45, 7) is 5.19. The molecule has 6 nitrogen and oxygen atoms in total. The van der Waals surface area contributed by atoms with Gasteiger partial charge >= 0.3 is 0 Å². The lowest BCUT2D eigenvalue weighted by molar-refractivity contribution is -0.134. The summed E-state index contributed by atoms with van der Waals surface area (Å²) in [5.41, 5.74) is 3.85. The number of likely N-dealkylation sites (tertiary alicyclic amines) is 1. The lowest BCUT2D eigenvalue weighted by atomic mass is 9.95. The molecule has 1 aliphatic heterocycles. The molecule has 1 aromatic heterocycles. The van der Waals surface area contributed by atoms with Crippen LogP contribution in [-0.2, 0) is 16.0 Å². The Morgan fingerprint density at radius 1 is 0.971 bits per heavy atom. The van der Waals surface area contributed by atoms with Gasteiger partial charge in [0, 0.05) is 47.4 Å². The summed E-state index contributed by atoms with van der Waals surface area (Å²) >= 11 is 1.50. The Kier molecular flexibility index (Phi) is 7.95. The van der Waals surface area contributed by atoms with E-state index in [2.05, 4.69) is 15.3 Å². The lowest BCUT2D eigenvalue weighted by Gasteiger charge is -2.31. The molecule has 176 valence electrons. The largest absolute Gasteiger partial charge is 0.343 e. The van der Waals surface area contributed by atoms with E-state index >= 15 is 0 Å². The molecule has 2 aromatic carbocycles. The fourth-order valence-electron chi connectivity index (χ4n) is 4.14. The molecular weight excluding hydrogens is 444 g/mol. The van der Waals surface area contributed by atoms with Crippen LogP contribution in [0.5, 0.6) is 0 Å². The molecule has 0 aliphatic carbocycles. The Hall–Kier alpha value is -3.19. The third-order valence-corrected chi connectivity index (χ3v) is 6.85. The first kappa shape index (κ1) is 24.0. The van der Waals surface area contributed by atoms with E-state index in [1.54, 1.807) is 0 Å². The molecule has 1 aliphatic rings. The van der Waals surface area contributed by atoms with E-state index in [1.807, 2.05) is 79.4 Å². The molecule has 3 aromatic rings. The zero-order chi connectivity index (χ0) is 23.9. The van der Waals surface area contributed by atoms with Gasteiger partial charge in [-0.1, -0.05) is 30.3 Å². The third kappa shape index (κ3) is 6.67. The summed E-state index contributed by atoms with van der Waals surface area (Å²) in [5, 5.41) is 3.75. The van der Waals surface area contributed by atoms with Crippen molar-refractivity contribution in [1.29, 1.82) is 0 Å². The molecule has 1 fully saturated rings. The average Bonchev–Trinajstić information content (AvgIpc) is 2.84. The third-order valence-electron chi connectivity index (χ3n) is 5.98. The van der Waals surface area contributed by atoms with Crippen LogP contribution in [0.3, 0.4) is 0 Å². The molecule has 7 heteroatoms. The van der Waals surface area contributed by atoms with Crippen molar-refractivity contribution in [2.24, 2.45) is 5.92 Å². The number of aryl methyl sites for hydroxylation is 3. The van der Waals surface area contributed by atoms with Gasteiger partial charge in [0.25, 0.3) is 0 Å². The number of benzene rings is 2. The van der Waals surface area contributed by atoms with Crippen LogP contribution in [0.25, 0.3) is 0 Å². The number of hydrogen-bond acceptors (Lipinski definition) is 5. The van der Waals surface area contributed by atoms with Crippen LogP contribution in [0.1, 0.15) is 36.2 Å². The first-order valence-corrected chi connectivity index (χ1v) is 12.5. The zero-order valence-electron chi connectivity index (χ0n) is 19.7. The Bertz CT molecular complexity index is 1110. The molecule has 2 amide bonds. The minimum absolute atomic E-state index is 0.0226. The fraction of sp³-hybridized carbons (Fsp3) is 0.333. The molecule has 34 heavy (non-hydrogen) atoms. The van der Waals surface area contributed by atoms with E-state index in [1.165, 1.54) is 17.3 Å². The van der Waals surface area contributed by atoms with Crippen LogP contribution >= 0.6 is 11.8 Å². The summed E-state index contributed by atoms with van der Waals surface area (Å²) in [7, 11) is 0. The van der Waals surface area contributed by atoms with Crippen molar-refractivity contribution in [2.75, 3.05) is 18.4 Å². The molecule has 0 saturated carbocycles. The topological polar surface area (TPSA) is 75.2 Å². The summed E-state index contributed by atoms with van der Waals surface area (Å²) in [4.78, 5) is 37.2. The number of amides is 2. The van der Waals surface area contributed by atoms with Gasteiger partial charge in [-0.3, -0.25) is 9.59 Å². The summed E-state index contributed by atoms with van der Waals surface area (Å²) in [6.07, 6.45) is 2.66. The van der Waals surface area contributed by atoms with Crippen molar-refractivity contribution in [1.82, 2.24) is 14.9 Å². The van der Waals surface area contributed by atoms with Gasteiger partial charge in [-0.05, 0) is 80.8 Å². The highest BCUT2D eigenvalue weighted by atomic mass is 32.2. The van der Waals surface area contributed by atoms with Crippen LogP contribution in [0.4, 0.5) is 5.69 Å². The van der Waals surface area contributed by atoms with Gasteiger partial charge in [0.1, 0.15) is 0 Å². The van der Waals surface area contributed by atoms with Crippen LogP contribution in [0, 0.1) is 19.8 Å². The predicted octanol–water partition coefficient (Wildman–Crippen LogP) is 5.05. The molecule has 0 atom stereocenters. The number of rotatable bonds is 7. The van der Waals surface area contributed by atoms with E-state index < -0.39 is 0 Å². The lowest BCUT2D eigenvalue weighted by Crippen LogP contribution is -2.41. The first-order valence-electron chi connectivity index (χ1n) is 11.7. The van der Waals surface area contributed by atoms with E-state index in [0.717, 1.165) is 33.5 Å². The molecule has 4 rings (SSSR count). The van der Waals surface area contributed by atoms with E-state index in [0.29, 0.717) is 32.4 Å². The van der Waals surface area contributed by atoms with Crippen molar-refractivity contribution < 1.29 is 9.59 Å². The molecular formula is C27H30N4O2S.